The Hall–Kier alpha value is -0.840. The number of hydrogen-bond acceptors (Lipinski definition) is 2. The molecule has 0 unspecified atom stereocenters. The number of nitrogens with zero attached hydrogens (tertiary/aromatic N) is 1. The second kappa shape index (κ2) is 2.83. The van der Waals surface area contributed by atoms with Gasteiger partial charge in [0, 0.05) is 6.07 Å². The van der Waals surface area contributed by atoms with Crippen molar-refractivity contribution in [3.8, 4) is 5.88 Å². The van der Waals surface area contributed by atoms with Crippen LogP contribution in [0.5, 0.6) is 5.88 Å². The van der Waals surface area contributed by atoms with E-state index in [0.717, 1.165) is 6.07 Å². The van der Waals surface area contributed by atoms with Crippen molar-refractivity contribution in [3.63, 3.8) is 0 Å². The summed E-state index contributed by atoms with van der Waals surface area (Å²) < 4.78 is 26.7. The van der Waals surface area contributed by atoms with Crippen LogP contribution in [-0.4, -0.2) is 16.8 Å². The van der Waals surface area contributed by atoms with E-state index in [9.17, 15) is 8.78 Å². The van der Waals surface area contributed by atoms with Crippen LogP contribution < -0.4 is 4.74 Å². The highest BCUT2D eigenvalue weighted by Gasteiger charge is 2.06. The number of aromatic nitrogens is 2. The molecule has 1 N–H and O–H groups in total. The first kappa shape index (κ1) is 7.27. The molecule has 0 saturated carbocycles. The summed E-state index contributed by atoms with van der Waals surface area (Å²) in [5.41, 5.74) is 0. The summed E-state index contributed by atoms with van der Waals surface area (Å²) in [7, 11) is 0. The predicted molar refractivity (Wildman–Crippen MR) is 30.2 cm³/mol. The number of ether oxygens (including phenoxy) is 1. The smallest absolute Gasteiger partial charge is 0.388 e. The van der Waals surface area contributed by atoms with E-state index in [2.05, 4.69) is 14.9 Å². The summed E-state index contributed by atoms with van der Waals surface area (Å²) in [5, 5.41) is 5.69. The van der Waals surface area contributed by atoms with Gasteiger partial charge < -0.3 is 4.74 Å². The van der Waals surface area contributed by atoms with Crippen molar-refractivity contribution < 1.29 is 13.5 Å². The molecule has 1 heterocycles. The van der Waals surface area contributed by atoms with Crippen LogP contribution >= 0.6 is 11.6 Å². The van der Waals surface area contributed by atoms with Gasteiger partial charge in [-0.3, -0.25) is 5.10 Å². The maximum Gasteiger partial charge on any atom is 0.388 e. The monoisotopic (exact) mass is 168 g/mol. The van der Waals surface area contributed by atoms with Crippen molar-refractivity contribution in [2.45, 2.75) is 6.61 Å². The molecule has 0 spiro atoms. The standard InChI is InChI=1S/C4H3ClF2N2O/c5-2-1-3(9-8-2)10-4(6)7/h1,4H,(H,8,9). The Balaban J connectivity index is 2.58. The van der Waals surface area contributed by atoms with Crippen molar-refractivity contribution in [1.82, 2.24) is 10.2 Å². The summed E-state index contributed by atoms with van der Waals surface area (Å²) in [4.78, 5) is 0. The molecular formula is C4H3ClF2N2O. The van der Waals surface area contributed by atoms with Gasteiger partial charge in [-0.15, -0.1) is 5.10 Å². The number of H-pyrrole nitrogens is 1. The van der Waals surface area contributed by atoms with Crippen LogP contribution in [-0.2, 0) is 0 Å². The van der Waals surface area contributed by atoms with Gasteiger partial charge in [-0.2, -0.15) is 8.78 Å². The first-order chi connectivity index (χ1) is 4.68. The van der Waals surface area contributed by atoms with Gasteiger partial charge in [0.2, 0.25) is 5.88 Å². The fraction of sp³-hybridized carbons (Fsp3) is 0.250. The second-order valence-electron chi connectivity index (χ2n) is 1.43. The van der Waals surface area contributed by atoms with Gasteiger partial charge in [0.05, 0.1) is 0 Å². The average Bonchev–Trinajstić information content (AvgIpc) is 2.13. The normalized spacial score (nSPS) is 10.4. The summed E-state index contributed by atoms with van der Waals surface area (Å²) in [5.74, 6) is -0.208. The molecule has 10 heavy (non-hydrogen) atoms. The van der Waals surface area contributed by atoms with E-state index in [1.807, 2.05) is 0 Å². The van der Waals surface area contributed by atoms with E-state index in [-0.39, 0.29) is 11.0 Å². The predicted octanol–water partition coefficient (Wildman–Crippen LogP) is 1.66. The van der Waals surface area contributed by atoms with E-state index < -0.39 is 6.61 Å². The third-order valence-electron chi connectivity index (χ3n) is 0.733. The molecule has 0 amide bonds. The van der Waals surface area contributed by atoms with Gasteiger partial charge in [0.1, 0.15) is 5.15 Å². The molecule has 0 radical (unpaired) electrons. The maximum absolute atomic E-state index is 11.4. The number of halogens is 3. The van der Waals surface area contributed by atoms with Crippen LogP contribution in [0.2, 0.25) is 5.15 Å². The highest BCUT2D eigenvalue weighted by Crippen LogP contribution is 2.14. The van der Waals surface area contributed by atoms with Gasteiger partial charge in [-0.25, -0.2) is 0 Å². The Morgan fingerprint density at radius 3 is 2.80 bits per heavy atom. The summed E-state index contributed by atoms with van der Waals surface area (Å²) in [6, 6.07) is 1.16. The Kier molecular flexibility index (Phi) is 2.06. The fourth-order valence-electron chi connectivity index (χ4n) is 0.433. The Bertz CT molecular complexity index is 215. The average molecular weight is 169 g/mol. The van der Waals surface area contributed by atoms with Crippen LogP contribution in [0.1, 0.15) is 0 Å². The largest absolute Gasteiger partial charge is 0.415 e. The molecule has 1 aromatic rings. The van der Waals surface area contributed by atoms with Gasteiger partial charge >= 0.3 is 6.61 Å². The molecule has 0 aromatic carbocycles. The van der Waals surface area contributed by atoms with Gasteiger partial charge in [-0.05, 0) is 0 Å². The molecule has 6 heteroatoms. The van der Waals surface area contributed by atoms with E-state index in [1.165, 1.54) is 0 Å². The molecule has 0 saturated heterocycles. The topological polar surface area (TPSA) is 37.9 Å². The summed E-state index contributed by atoms with van der Waals surface area (Å²) in [6.45, 7) is -2.86. The van der Waals surface area contributed by atoms with E-state index >= 15 is 0 Å². The van der Waals surface area contributed by atoms with Gasteiger partial charge in [0.25, 0.3) is 0 Å². The van der Waals surface area contributed by atoms with Crippen molar-refractivity contribution in [2.75, 3.05) is 0 Å². The van der Waals surface area contributed by atoms with Crippen molar-refractivity contribution in [1.29, 1.82) is 0 Å². The van der Waals surface area contributed by atoms with Crippen LogP contribution in [0, 0.1) is 0 Å². The first-order valence-corrected chi connectivity index (χ1v) is 2.72. The zero-order valence-corrected chi connectivity index (χ0v) is 5.40. The molecule has 0 aliphatic rings. The maximum atomic E-state index is 11.4. The molecule has 56 valence electrons. The minimum Gasteiger partial charge on any atom is -0.415 e. The highest BCUT2D eigenvalue weighted by molar-refractivity contribution is 6.29. The van der Waals surface area contributed by atoms with Crippen LogP contribution in [0.15, 0.2) is 6.07 Å². The SMILES string of the molecule is FC(F)Oc1cc(Cl)[nH]n1. The molecule has 0 aliphatic carbocycles. The molecule has 0 aliphatic heterocycles. The third-order valence-corrected chi connectivity index (χ3v) is 0.927. The lowest BCUT2D eigenvalue weighted by Gasteiger charge is -1.96. The lowest BCUT2D eigenvalue weighted by molar-refractivity contribution is -0.0528. The molecule has 1 rings (SSSR count). The summed E-state index contributed by atoms with van der Waals surface area (Å²) in [6.07, 6.45) is 0. The Labute approximate surface area is 59.9 Å². The molecule has 3 nitrogen and oxygen atoms in total. The Morgan fingerprint density at radius 2 is 2.40 bits per heavy atom. The van der Waals surface area contributed by atoms with Crippen LogP contribution in [0.3, 0.4) is 0 Å². The quantitative estimate of drug-likeness (QED) is 0.730. The van der Waals surface area contributed by atoms with Crippen LogP contribution in [0.25, 0.3) is 0 Å². The number of hydrogen-bond donors (Lipinski definition) is 1. The number of aromatic amines is 1. The fourth-order valence-corrected chi connectivity index (χ4v) is 0.569. The number of nitrogens with one attached hydrogen (secondary N) is 1. The molecule has 0 fully saturated rings. The minimum atomic E-state index is -2.86. The zero-order chi connectivity index (χ0) is 7.56. The highest BCUT2D eigenvalue weighted by atomic mass is 35.5. The van der Waals surface area contributed by atoms with Crippen molar-refractivity contribution >= 4 is 11.6 Å². The van der Waals surface area contributed by atoms with E-state index in [1.54, 1.807) is 0 Å². The molecule has 0 atom stereocenters. The number of alkyl halides is 2. The molecule has 1 aromatic heterocycles. The lowest BCUT2D eigenvalue weighted by Crippen LogP contribution is -2.01. The Morgan fingerprint density at radius 1 is 1.70 bits per heavy atom. The zero-order valence-electron chi connectivity index (χ0n) is 4.64. The van der Waals surface area contributed by atoms with Crippen molar-refractivity contribution in [2.24, 2.45) is 0 Å². The minimum absolute atomic E-state index is 0.163. The lowest BCUT2D eigenvalue weighted by atomic mass is 10.7. The second-order valence-corrected chi connectivity index (χ2v) is 1.84. The molecular weight excluding hydrogens is 166 g/mol. The van der Waals surface area contributed by atoms with E-state index in [4.69, 9.17) is 11.6 Å². The van der Waals surface area contributed by atoms with Crippen molar-refractivity contribution in [3.05, 3.63) is 11.2 Å². The third kappa shape index (κ3) is 1.84. The summed E-state index contributed by atoms with van der Waals surface area (Å²) >= 11 is 5.30. The van der Waals surface area contributed by atoms with Gasteiger partial charge in [-0.1, -0.05) is 11.6 Å². The molecule has 0 bridgehead atoms. The van der Waals surface area contributed by atoms with Gasteiger partial charge in [0.15, 0.2) is 0 Å². The first-order valence-electron chi connectivity index (χ1n) is 2.34. The number of rotatable bonds is 2. The van der Waals surface area contributed by atoms with E-state index in [0.29, 0.717) is 0 Å². The van der Waals surface area contributed by atoms with Crippen LogP contribution in [0.4, 0.5) is 8.78 Å².